The number of methoxy groups -OCH3 is 1. The van der Waals surface area contributed by atoms with E-state index < -0.39 is 43.3 Å². The molecular weight excluding hydrogens is 559 g/mol. The molecule has 0 aromatic carbocycles. The number of aromatic nitrogens is 4. The molecule has 0 unspecified atom stereocenters. The number of amides is 1. The summed E-state index contributed by atoms with van der Waals surface area (Å²) in [6, 6.07) is 0. The molecule has 1 saturated heterocycles. The first kappa shape index (κ1) is 26.4. The highest BCUT2D eigenvalue weighted by Gasteiger charge is 2.52. The highest BCUT2D eigenvalue weighted by atomic mass is 32.2. The third-order valence-corrected chi connectivity index (χ3v) is 10.1. The van der Waals surface area contributed by atoms with Gasteiger partial charge in [0, 0.05) is 45.0 Å². The van der Waals surface area contributed by atoms with E-state index >= 15 is 4.39 Å². The minimum Gasteiger partial charge on any atom is -0.368 e. The minimum atomic E-state index is -4.30. The lowest BCUT2D eigenvalue weighted by Gasteiger charge is -2.38. The third kappa shape index (κ3) is 4.56. The van der Waals surface area contributed by atoms with Crippen LogP contribution in [-0.4, -0.2) is 83.2 Å². The zero-order valence-corrected chi connectivity index (χ0v) is 22.8. The fourth-order valence-corrected chi connectivity index (χ4v) is 7.07. The van der Waals surface area contributed by atoms with E-state index in [1.54, 1.807) is 16.7 Å². The molecular formula is C23H26F3N7O4S2. The number of nitrogens with one attached hydrogen (secondary N) is 1. The number of carbonyl (C=O) groups is 1. The molecule has 0 radical (unpaired) electrons. The van der Waals surface area contributed by atoms with Crippen LogP contribution in [0.25, 0.3) is 16.3 Å². The summed E-state index contributed by atoms with van der Waals surface area (Å²) >= 11 is 0.622. The van der Waals surface area contributed by atoms with Gasteiger partial charge in [0.2, 0.25) is 10.0 Å². The van der Waals surface area contributed by atoms with Gasteiger partial charge in [0.25, 0.3) is 12.3 Å². The number of alkyl halides is 2. The van der Waals surface area contributed by atoms with Crippen molar-refractivity contribution in [1.82, 2.24) is 29.2 Å². The smallest absolute Gasteiger partial charge is 0.291 e. The predicted molar refractivity (Wildman–Crippen MR) is 135 cm³/mol. The standard InChI is InChI=1S/C23H26F3N7O4S2/c1-22(3-4-22)30-39(35,36)14-12-33-13(11-27-18(33)20-29-28-19(38-20)17(25)26)16(15(14)24)31-7-9-32(10-8-31)21(34)23(37-2)5-6-23/h11-12,17,30H,3-10H2,1-2H3. The molecule has 3 aromatic heterocycles. The average Bonchev–Trinajstić information content (AvgIpc) is 3.73. The molecule has 39 heavy (non-hydrogen) atoms. The zero-order chi connectivity index (χ0) is 27.7. The van der Waals surface area contributed by atoms with Gasteiger partial charge in [-0.25, -0.2) is 31.3 Å². The summed E-state index contributed by atoms with van der Waals surface area (Å²) in [5.74, 6) is -0.993. The summed E-state index contributed by atoms with van der Waals surface area (Å²) in [4.78, 5) is 19.9. The Morgan fingerprint density at radius 1 is 1.15 bits per heavy atom. The maximum Gasteiger partial charge on any atom is 0.291 e. The second-order valence-corrected chi connectivity index (χ2v) is 13.0. The number of pyridine rings is 1. The van der Waals surface area contributed by atoms with Crippen LogP contribution in [0.15, 0.2) is 17.3 Å². The molecule has 16 heteroatoms. The normalized spacial score (nSPS) is 20.2. The van der Waals surface area contributed by atoms with Gasteiger partial charge in [-0.15, -0.1) is 10.2 Å². The Labute approximate surface area is 226 Å². The van der Waals surface area contributed by atoms with Gasteiger partial charge >= 0.3 is 0 Å². The Kier molecular flexibility index (Phi) is 6.17. The number of carbonyl (C=O) groups excluding carboxylic acids is 1. The van der Waals surface area contributed by atoms with Crippen LogP contribution in [0.4, 0.5) is 18.9 Å². The van der Waals surface area contributed by atoms with Crippen LogP contribution in [-0.2, 0) is 19.6 Å². The number of fused-ring (bicyclic) bond motifs is 1. The van der Waals surface area contributed by atoms with Crippen molar-refractivity contribution in [3.05, 3.63) is 23.2 Å². The molecule has 0 bridgehead atoms. The number of imidazole rings is 1. The molecule has 1 aliphatic heterocycles. The molecule has 3 fully saturated rings. The largest absolute Gasteiger partial charge is 0.368 e. The average molecular weight is 586 g/mol. The summed E-state index contributed by atoms with van der Waals surface area (Å²) in [5.41, 5.74) is -1.20. The van der Waals surface area contributed by atoms with Crippen molar-refractivity contribution in [1.29, 1.82) is 0 Å². The maximum absolute atomic E-state index is 16.2. The van der Waals surface area contributed by atoms with E-state index in [-0.39, 0.29) is 54.1 Å². The van der Waals surface area contributed by atoms with Crippen LogP contribution in [0.1, 0.15) is 44.0 Å². The van der Waals surface area contributed by atoms with E-state index in [2.05, 4.69) is 19.9 Å². The number of halogens is 3. The summed E-state index contributed by atoms with van der Waals surface area (Å²) in [6.07, 6.45) is 2.18. The van der Waals surface area contributed by atoms with E-state index in [9.17, 15) is 22.0 Å². The Balaban J connectivity index is 1.41. The van der Waals surface area contributed by atoms with Gasteiger partial charge in [-0.1, -0.05) is 11.3 Å². The molecule has 1 amide bonds. The van der Waals surface area contributed by atoms with Crippen molar-refractivity contribution in [3.63, 3.8) is 0 Å². The van der Waals surface area contributed by atoms with Crippen LogP contribution in [0.5, 0.6) is 0 Å². The maximum atomic E-state index is 16.2. The summed E-state index contributed by atoms with van der Waals surface area (Å²) in [6.45, 7) is 2.79. The second-order valence-electron chi connectivity index (χ2n) is 10.4. The van der Waals surface area contributed by atoms with Crippen LogP contribution in [0, 0.1) is 5.82 Å². The number of hydrogen-bond acceptors (Lipinski definition) is 9. The first-order chi connectivity index (χ1) is 18.5. The van der Waals surface area contributed by atoms with Crippen LogP contribution in [0.3, 0.4) is 0 Å². The van der Waals surface area contributed by atoms with Crippen LogP contribution < -0.4 is 9.62 Å². The topological polar surface area (TPSA) is 122 Å². The van der Waals surface area contributed by atoms with Crippen molar-refractivity contribution >= 4 is 38.5 Å². The number of hydrogen-bond donors (Lipinski definition) is 1. The molecule has 4 heterocycles. The Morgan fingerprint density at radius 2 is 1.85 bits per heavy atom. The van der Waals surface area contributed by atoms with Gasteiger partial charge in [-0.3, -0.25) is 9.20 Å². The fourth-order valence-electron chi connectivity index (χ4n) is 4.84. The molecule has 0 atom stereocenters. The van der Waals surface area contributed by atoms with Gasteiger partial charge in [-0.2, -0.15) is 0 Å². The van der Waals surface area contributed by atoms with Gasteiger partial charge in [0.1, 0.15) is 16.2 Å². The summed E-state index contributed by atoms with van der Waals surface area (Å²) < 4.78 is 78.5. The SMILES string of the molecule is COC1(C(=O)N2CCN(c3c(F)c(S(=O)(=O)NC4(C)CC4)cn4c(-c5nnc(C(F)F)s5)ncc34)CC2)CC1. The number of anilines is 1. The van der Waals surface area contributed by atoms with Gasteiger partial charge < -0.3 is 14.5 Å². The molecule has 210 valence electrons. The fraction of sp³-hybridized carbons (Fsp3) is 0.565. The summed E-state index contributed by atoms with van der Waals surface area (Å²) in [7, 11) is -2.79. The van der Waals surface area contributed by atoms with Crippen molar-refractivity contribution in [3.8, 4) is 10.8 Å². The lowest BCUT2D eigenvalue weighted by Crippen LogP contribution is -2.52. The minimum absolute atomic E-state index is 0.00357. The monoisotopic (exact) mass is 585 g/mol. The van der Waals surface area contributed by atoms with Gasteiger partial charge in [0.15, 0.2) is 21.7 Å². The lowest BCUT2D eigenvalue weighted by molar-refractivity contribution is -0.144. The van der Waals surface area contributed by atoms with E-state index in [1.807, 2.05) is 0 Å². The molecule has 11 nitrogen and oxygen atoms in total. The van der Waals surface area contributed by atoms with E-state index in [0.717, 1.165) is 6.20 Å². The van der Waals surface area contributed by atoms with Crippen molar-refractivity contribution in [2.45, 2.75) is 55.1 Å². The van der Waals surface area contributed by atoms with Crippen molar-refractivity contribution < 1.29 is 31.1 Å². The number of piperazine rings is 1. The molecule has 2 aliphatic carbocycles. The Hall–Kier alpha value is -2.82. The van der Waals surface area contributed by atoms with E-state index in [4.69, 9.17) is 4.74 Å². The number of rotatable bonds is 8. The number of ether oxygens (including phenoxy) is 1. The quantitative estimate of drug-likeness (QED) is 0.428. The first-order valence-electron chi connectivity index (χ1n) is 12.4. The van der Waals surface area contributed by atoms with E-state index in [1.165, 1.54) is 17.7 Å². The molecule has 1 N–H and O–H groups in total. The highest BCUT2D eigenvalue weighted by Crippen LogP contribution is 2.42. The Morgan fingerprint density at radius 3 is 2.41 bits per heavy atom. The number of nitrogens with zero attached hydrogens (tertiary/aromatic N) is 6. The van der Waals surface area contributed by atoms with E-state index in [0.29, 0.717) is 37.0 Å². The first-order valence-corrected chi connectivity index (χ1v) is 14.7. The highest BCUT2D eigenvalue weighted by molar-refractivity contribution is 7.89. The second kappa shape index (κ2) is 9.11. The predicted octanol–water partition coefficient (Wildman–Crippen LogP) is 2.59. The van der Waals surface area contributed by atoms with Crippen LogP contribution >= 0.6 is 11.3 Å². The molecule has 3 aromatic rings. The summed E-state index contributed by atoms with van der Waals surface area (Å²) in [5, 5.41) is 6.83. The van der Waals surface area contributed by atoms with Gasteiger partial charge in [-0.05, 0) is 32.6 Å². The van der Waals surface area contributed by atoms with Gasteiger partial charge in [0.05, 0.1) is 11.7 Å². The van der Waals surface area contributed by atoms with Crippen molar-refractivity contribution in [2.75, 3.05) is 38.2 Å². The lowest BCUT2D eigenvalue weighted by atomic mass is 10.2. The molecule has 3 aliphatic rings. The zero-order valence-electron chi connectivity index (χ0n) is 21.2. The number of sulfonamides is 1. The Bertz CT molecular complexity index is 1560. The van der Waals surface area contributed by atoms with Crippen molar-refractivity contribution in [2.24, 2.45) is 0 Å². The third-order valence-electron chi connectivity index (χ3n) is 7.57. The molecule has 0 spiro atoms. The van der Waals surface area contributed by atoms with Crippen LogP contribution in [0.2, 0.25) is 0 Å². The molecule has 2 saturated carbocycles. The molecule has 6 rings (SSSR count).